The third kappa shape index (κ3) is 4.33. The van der Waals surface area contributed by atoms with E-state index in [1.165, 1.54) is 5.56 Å². The highest BCUT2D eigenvalue weighted by Crippen LogP contribution is 2.33. The summed E-state index contributed by atoms with van der Waals surface area (Å²) in [7, 11) is 4.09. The topological polar surface area (TPSA) is 64.5 Å². The van der Waals surface area contributed by atoms with Gasteiger partial charge in [-0.1, -0.05) is 41.9 Å². The summed E-state index contributed by atoms with van der Waals surface area (Å²) in [5, 5.41) is 13.4. The van der Waals surface area contributed by atoms with E-state index in [-0.39, 0.29) is 5.88 Å². The quantitative estimate of drug-likeness (QED) is 0.306. The van der Waals surface area contributed by atoms with Crippen molar-refractivity contribution in [3.63, 3.8) is 0 Å². The zero-order chi connectivity index (χ0) is 22.9. The lowest BCUT2D eigenvalue weighted by atomic mass is 9.99. The molecule has 0 saturated heterocycles. The average Bonchev–Trinajstić information content (AvgIpc) is 3.12. The molecule has 0 unspecified atom stereocenters. The number of nitrogens with one attached hydrogen (secondary N) is 1. The molecule has 5 aromatic rings. The Balaban J connectivity index is 1.70. The Morgan fingerprint density at radius 3 is 2.64 bits per heavy atom. The second-order valence-corrected chi connectivity index (χ2v) is 8.75. The summed E-state index contributed by atoms with van der Waals surface area (Å²) in [6.45, 7) is 0.860. The Labute approximate surface area is 197 Å². The van der Waals surface area contributed by atoms with E-state index in [1.54, 1.807) is 12.3 Å². The van der Waals surface area contributed by atoms with Crippen molar-refractivity contribution < 1.29 is 5.11 Å². The third-order valence-electron chi connectivity index (χ3n) is 5.53. The monoisotopic (exact) mass is 454 g/mol. The van der Waals surface area contributed by atoms with Crippen LogP contribution in [0.15, 0.2) is 84.0 Å². The van der Waals surface area contributed by atoms with Crippen LogP contribution in [-0.2, 0) is 6.54 Å². The predicted octanol–water partition coefficient (Wildman–Crippen LogP) is 6.31. The molecule has 0 amide bonds. The first-order valence-electron chi connectivity index (χ1n) is 10.7. The number of halogens is 1. The zero-order valence-electron chi connectivity index (χ0n) is 18.4. The first-order chi connectivity index (χ1) is 16.0. The van der Waals surface area contributed by atoms with Crippen LogP contribution < -0.4 is 0 Å². The Morgan fingerprint density at radius 2 is 1.85 bits per heavy atom. The summed E-state index contributed by atoms with van der Waals surface area (Å²) in [5.74, 6) is 0.0570. The number of aliphatic imine (C=N–C) groups is 1. The minimum absolute atomic E-state index is 0.0570. The summed E-state index contributed by atoms with van der Waals surface area (Å²) in [6.07, 6.45) is 1.78. The van der Waals surface area contributed by atoms with E-state index in [0.717, 1.165) is 39.6 Å². The van der Waals surface area contributed by atoms with Gasteiger partial charge in [-0.3, -0.25) is 4.98 Å². The van der Waals surface area contributed by atoms with Crippen molar-refractivity contribution in [1.82, 2.24) is 14.9 Å². The molecule has 164 valence electrons. The van der Waals surface area contributed by atoms with Crippen LogP contribution in [0.2, 0.25) is 5.02 Å². The van der Waals surface area contributed by atoms with Crippen molar-refractivity contribution in [3.05, 3.63) is 101 Å². The van der Waals surface area contributed by atoms with Crippen molar-refractivity contribution in [2.75, 3.05) is 14.1 Å². The van der Waals surface area contributed by atoms with E-state index in [1.807, 2.05) is 62.6 Å². The zero-order valence-corrected chi connectivity index (χ0v) is 19.1. The Morgan fingerprint density at radius 1 is 1.03 bits per heavy atom. The molecule has 0 fully saturated rings. The maximum Gasteiger partial charge on any atom is 0.199 e. The van der Waals surface area contributed by atoms with E-state index in [4.69, 9.17) is 16.6 Å². The van der Waals surface area contributed by atoms with Crippen LogP contribution >= 0.6 is 11.6 Å². The van der Waals surface area contributed by atoms with Crippen LogP contribution in [0, 0.1) is 0 Å². The lowest BCUT2D eigenvalue weighted by molar-refractivity contribution is 0.402. The number of rotatable bonds is 5. The first kappa shape index (κ1) is 21.2. The molecule has 2 N–H and O–H groups in total. The summed E-state index contributed by atoms with van der Waals surface area (Å²) in [4.78, 5) is 14.6. The third-order valence-corrected chi connectivity index (χ3v) is 5.77. The molecule has 2 aromatic heterocycles. The molecule has 0 aliphatic rings. The van der Waals surface area contributed by atoms with Gasteiger partial charge in [0, 0.05) is 34.1 Å². The number of aromatic amines is 1. The highest BCUT2D eigenvalue weighted by Gasteiger charge is 2.19. The summed E-state index contributed by atoms with van der Waals surface area (Å²) < 4.78 is 0. The molecule has 0 atom stereocenters. The number of aromatic hydroxyl groups is 1. The molecule has 3 aromatic carbocycles. The van der Waals surface area contributed by atoms with Crippen LogP contribution in [0.5, 0.6) is 5.88 Å². The second kappa shape index (κ2) is 8.70. The molecule has 0 aliphatic heterocycles. The summed E-state index contributed by atoms with van der Waals surface area (Å²) >= 11 is 6.18. The highest BCUT2D eigenvalue weighted by atomic mass is 35.5. The SMILES string of the molecule is CN(C)Cc1ccc(N=C(c2ccc3ncccc3c2)c2c(O)[nH]c3cc(Cl)ccc23)cc1. The first-order valence-corrected chi connectivity index (χ1v) is 11.0. The number of aromatic nitrogens is 2. The molecule has 6 heteroatoms. The van der Waals surface area contributed by atoms with E-state index >= 15 is 0 Å². The Kier molecular flexibility index (Phi) is 5.58. The smallest absolute Gasteiger partial charge is 0.199 e. The lowest BCUT2D eigenvalue weighted by Crippen LogP contribution is -2.10. The van der Waals surface area contributed by atoms with Crippen molar-refractivity contribution in [2.24, 2.45) is 4.99 Å². The second-order valence-electron chi connectivity index (χ2n) is 8.31. The fourth-order valence-corrected chi connectivity index (χ4v) is 4.23. The van der Waals surface area contributed by atoms with E-state index in [0.29, 0.717) is 16.3 Å². The van der Waals surface area contributed by atoms with Gasteiger partial charge < -0.3 is 15.0 Å². The highest BCUT2D eigenvalue weighted by molar-refractivity contribution is 6.31. The van der Waals surface area contributed by atoms with Gasteiger partial charge in [0.1, 0.15) is 0 Å². The molecule has 2 heterocycles. The predicted molar refractivity (Wildman–Crippen MR) is 136 cm³/mol. The number of H-pyrrole nitrogens is 1. The van der Waals surface area contributed by atoms with Gasteiger partial charge in [-0.15, -0.1) is 0 Å². The van der Waals surface area contributed by atoms with Gasteiger partial charge >= 0.3 is 0 Å². The minimum Gasteiger partial charge on any atom is -0.494 e. The fourth-order valence-electron chi connectivity index (χ4n) is 4.05. The van der Waals surface area contributed by atoms with Gasteiger partial charge in [0.05, 0.1) is 28.0 Å². The van der Waals surface area contributed by atoms with Gasteiger partial charge in [0.25, 0.3) is 0 Å². The van der Waals surface area contributed by atoms with Gasteiger partial charge in [0.15, 0.2) is 5.88 Å². The van der Waals surface area contributed by atoms with E-state index < -0.39 is 0 Å². The number of hydrogen-bond donors (Lipinski definition) is 2. The van der Waals surface area contributed by atoms with Crippen LogP contribution in [0.3, 0.4) is 0 Å². The molecule has 5 nitrogen and oxygen atoms in total. The fraction of sp³-hybridized carbons (Fsp3) is 0.111. The maximum absolute atomic E-state index is 10.9. The van der Waals surface area contributed by atoms with Crippen molar-refractivity contribution in [3.8, 4) is 5.88 Å². The minimum atomic E-state index is 0.0570. The summed E-state index contributed by atoms with van der Waals surface area (Å²) in [6, 6.07) is 23.6. The molecular weight excluding hydrogens is 432 g/mol. The summed E-state index contributed by atoms with van der Waals surface area (Å²) in [5.41, 5.74) is 5.88. The molecular formula is C27H23ClN4O. The van der Waals surface area contributed by atoms with Crippen LogP contribution in [0.25, 0.3) is 21.8 Å². The molecule has 33 heavy (non-hydrogen) atoms. The Bertz CT molecular complexity index is 1490. The molecule has 5 rings (SSSR count). The van der Waals surface area contributed by atoms with Gasteiger partial charge in [-0.25, -0.2) is 4.99 Å². The molecule has 0 saturated carbocycles. The number of benzene rings is 3. The molecule has 0 aliphatic carbocycles. The van der Waals surface area contributed by atoms with Gasteiger partial charge in [-0.05, 0) is 62.1 Å². The van der Waals surface area contributed by atoms with Gasteiger partial charge in [-0.2, -0.15) is 0 Å². The average molecular weight is 455 g/mol. The van der Waals surface area contributed by atoms with E-state index in [2.05, 4.69) is 33.1 Å². The molecule has 0 radical (unpaired) electrons. The van der Waals surface area contributed by atoms with Crippen LogP contribution in [0.1, 0.15) is 16.7 Å². The largest absolute Gasteiger partial charge is 0.494 e. The van der Waals surface area contributed by atoms with Crippen molar-refractivity contribution >= 4 is 44.8 Å². The lowest BCUT2D eigenvalue weighted by Gasteiger charge is -2.11. The van der Waals surface area contributed by atoms with Gasteiger partial charge in [0.2, 0.25) is 0 Å². The number of hydrogen-bond acceptors (Lipinski definition) is 4. The normalized spacial score (nSPS) is 12.2. The molecule has 0 bridgehead atoms. The van der Waals surface area contributed by atoms with Crippen LogP contribution in [-0.4, -0.2) is 39.8 Å². The number of fused-ring (bicyclic) bond motifs is 2. The standard InChI is InChI=1S/C27H23ClN4O/c1-32(2)16-17-5-9-21(10-6-17)30-26(19-7-12-23-18(14-19)4-3-13-29-23)25-22-11-8-20(28)15-24(22)31-27(25)33/h3-15,31,33H,16H2,1-2H3. The van der Waals surface area contributed by atoms with Crippen LogP contribution in [0.4, 0.5) is 5.69 Å². The molecule has 0 spiro atoms. The number of nitrogens with zero attached hydrogens (tertiary/aromatic N) is 3. The van der Waals surface area contributed by atoms with Crippen molar-refractivity contribution in [1.29, 1.82) is 0 Å². The Hall–Kier alpha value is -3.67. The van der Waals surface area contributed by atoms with Crippen molar-refractivity contribution in [2.45, 2.75) is 6.54 Å². The maximum atomic E-state index is 10.9. The number of pyridine rings is 1. The van der Waals surface area contributed by atoms with E-state index in [9.17, 15) is 5.11 Å².